The number of hydrogen-bond acceptors (Lipinski definition) is 8. The van der Waals surface area contributed by atoms with Gasteiger partial charge in [-0.25, -0.2) is 5.48 Å². The molecule has 0 radical (unpaired) electrons. The Kier molecular flexibility index (Phi) is 9.58. The lowest BCUT2D eigenvalue weighted by atomic mass is 9.83. The predicted octanol–water partition coefficient (Wildman–Crippen LogP) is 6.19. The fourth-order valence-corrected chi connectivity index (χ4v) is 7.82. The topological polar surface area (TPSA) is 151 Å². The minimum Gasteiger partial charge on any atom is -0.508 e. The van der Waals surface area contributed by atoms with Crippen LogP contribution in [0.25, 0.3) is 21.9 Å². The highest BCUT2D eigenvalue weighted by Gasteiger charge is 2.53. The third kappa shape index (κ3) is 7.17. The summed E-state index contributed by atoms with van der Waals surface area (Å²) in [6.45, 7) is 0. The van der Waals surface area contributed by atoms with E-state index >= 15 is 0 Å². The molecule has 2 bridgehead atoms. The van der Waals surface area contributed by atoms with Crippen LogP contribution in [0.4, 0.5) is 5.69 Å². The fourth-order valence-electron chi connectivity index (χ4n) is 6.39. The quantitative estimate of drug-likeness (QED) is 0.0576. The van der Waals surface area contributed by atoms with Gasteiger partial charge in [0.05, 0.1) is 6.10 Å². The van der Waals surface area contributed by atoms with Gasteiger partial charge in [0.15, 0.2) is 0 Å². The molecule has 2 aliphatic rings. The van der Waals surface area contributed by atoms with Gasteiger partial charge in [-0.05, 0) is 70.8 Å². The molecule has 1 fully saturated rings. The van der Waals surface area contributed by atoms with Gasteiger partial charge in [-0.2, -0.15) is 8.42 Å². The normalized spacial score (nSPS) is 18.8. The maximum atomic E-state index is 13.8. The highest BCUT2D eigenvalue weighted by Crippen LogP contribution is 2.51. The van der Waals surface area contributed by atoms with E-state index in [1.54, 1.807) is 54.0 Å². The molecular weight excluding hydrogens is 620 g/mol. The summed E-state index contributed by atoms with van der Waals surface area (Å²) in [5, 5.41) is 22.0. The highest BCUT2D eigenvalue weighted by atomic mass is 32.2. The molecule has 2 heterocycles. The van der Waals surface area contributed by atoms with Crippen LogP contribution in [0.2, 0.25) is 0 Å². The van der Waals surface area contributed by atoms with E-state index in [2.05, 4.69) is 5.32 Å². The summed E-state index contributed by atoms with van der Waals surface area (Å²) in [7, 11) is -4.12. The standard InChI is InChI=1S/C36H36N2O8S/c39-27-20-16-24(17-21-27)34-30-22-31(47(43,44)46-29-11-7-9-23-8-5-6-10-28(23)29)36(45-30)35(34)25-14-18-26(19-15-25)37-32(40)12-3-1-2-4-13-33(41)38-42/h5-11,14-21,30-31,36,39,42H,1-4,12-13,22H2,(H,37,40)(H,38,41). The lowest BCUT2D eigenvalue weighted by Gasteiger charge is -2.25. The molecule has 244 valence electrons. The first kappa shape index (κ1) is 32.2. The summed E-state index contributed by atoms with van der Waals surface area (Å²) in [4.78, 5) is 23.7. The Morgan fingerprint density at radius 1 is 0.787 bits per heavy atom. The molecule has 11 heteroatoms. The zero-order valence-corrected chi connectivity index (χ0v) is 26.4. The summed E-state index contributed by atoms with van der Waals surface area (Å²) >= 11 is 0. The number of unbranched alkanes of at least 4 members (excludes halogenated alkanes) is 3. The number of carbonyl (C=O) groups is 2. The van der Waals surface area contributed by atoms with Crippen molar-refractivity contribution in [3.05, 3.63) is 102 Å². The molecule has 2 amide bonds. The molecule has 47 heavy (non-hydrogen) atoms. The maximum Gasteiger partial charge on any atom is 0.315 e. The van der Waals surface area contributed by atoms with Gasteiger partial charge >= 0.3 is 10.1 Å². The average molecular weight is 657 g/mol. The molecule has 4 aromatic rings. The number of rotatable bonds is 13. The van der Waals surface area contributed by atoms with Gasteiger partial charge in [0.2, 0.25) is 11.8 Å². The van der Waals surface area contributed by atoms with Crippen LogP contribution in [0.5, 0.6) is 11.5 Å². The first-order valence-electron chi connectivity index (χ1n) is 15.7. The smallest absolute Gasteiger partial charge is 0.315 e. The lowest BCUT2D eigenvalue weighted by molar-refractivity contribution is -0.129. The molecule has 0 spiro atoms. The highest BCUT2D eigenvalue weighted by molar-refractivity contribution is 7.87. The fraction of sp³-hybridized carbons (Fsp3) is 0.278. The largest absolute Gasteiger partial charge is 0.508 e. The van der Waals surface area contributed by atoms with Crippen molar-refractivity contribution in [3.8, 4) is 11.5 Å². The van der Waals surface area contributed by atoms with Crippen molar-refractivity contribution >= 4 is 49.5 Å². The Hall–Kier alpha value is -4.71. The number of carbonyl (C=O) groups excluding carboxylic acids is 2. The third-order valence-corrected chi connectivity index (χ3v) is 10.3. The van der Waals surface area contributed by atoms with Gasteiger partial charge in [-0.1, -0.05) is 73.5 Å². The lowest BCUT2D eigenvalue weighted by Crippen LogP contribution is -2.35. The second-order valence-electron chi connectivity index (χ2n) is 11.8. The number of phenols is 1. The number of hydrogen-bond donors (Lipinski definition) is 4. The van der Waals surface area contributed by atoms with E-state index < -0.39 is 33.5 Å². The molecule has 3 atom stereocenters. The maximum absolute atomic E-state index is 13.8. The minimum absolute atomic E-state index is 0.123. The summed E-state index contributed by atoms with van der Waals surface area (Å²) in [5.74, 6) is -0.155. The molecule has 4 aromatic carbocycles. The summed E-state index contributed by atoms with van der Waals surface area (Å²) in [6.07, 6.45) is 2.40. The van der Waals surface area contributed by atoms with Crippen molar-refractivity contribution in [2.24, 2.45) is 0 Å². The zero-order valence-electron chi connectivity index (χ0n) is 25.6. The third-order valence-electron chi connectivity index (χ3n) is 8.66. The van der Waals surface area contributed by atoms with Gasteiger partial charge < -0.3 is 19.3 Å². The van der Waals surface area contributed by atoms with Gasteiger partial charge in [-0.3, -0.25) is 14.8 Å². The number of hydroxylamine groups is 1. The van der Waals surface area contributed by atoms with E-state index in [0.717, 1.165) is 40.5 Å². The van der Waals surface area contributed by atoms with E-state index in [1.807, 2.05) is 42.5 Å². The van der Waals surface area contributed by atoms with Gasteiger partial charge in [-0.15, -0.1) is 0 Å². The Labute approximate surface area is 273 Å². The van der Waals surface area contributed by atoms with Crippen molar-refractivity contribution in [2.75, 3.05) is 5.32 Å². The number of amides is 2. The van der Waals surface area contributed by atoms with Crippen molar-refractivity contribution in [1.82, 2.24) is 5.48 Å². The predicted molar refractivity (Wildman–Crippen MR) is 178 cm³/mol. The molecule has 0 saturated carbocycles. The van der Waals surface area contributed by atoms with Crippen LogP contribution in [-0.4, -0.2) is 48.0 Å². The number of phenolic OH excluding ortho intramolecular Hbond substituents is 1. The monoisotopic (exact) mass is 656 g/mol. The molecule has 3 unspecified atom stereocenters. The molecular formula is C36H36N2O8S. The number of ether oxygens (including phenoxy) is 1. The number of aromatic hydroxyl groups is 1. The Morgan fingerprint density at radius 2 is 1.43 bits per heavy atom. The summed E-state index contributed by atoms with van der Waals surface area (Å²) < 4.78 is 39.8. The SMILES string of the molecule is O=C(CCCCCCC(=O)Nc1ccc(C2=C(c3ccc(O)cc3)C3CC(S(=O)(=O)Oc4cccc5ccccc45)C2O3)cc1)NO. The van der Waals surface area contributed by atoms with Crippen LogP contribution in [0.1, 0.15) is 56.1 Å². The van der Waals surface area contributed by atoms with E-state index in [-0.39, 0.29) is 30.2 Å². The first-order chi connectivity index (χ1) is 22.7. The van der Waals surface area contributed by atoms with E-state index in [1.165, 1.54) is 0 Å². The molecule has 6 rings (SSSR count). The average Bonchev–Trinajstić information content (AvgIpc) is 3.67. The first-order valence-corrected chi connectivity index (χ1v) is 17.1. The Balaban J connectivity index is 1.20. The van der Waals surface area contributed by atoms with Crippen LogP contribution in [-0.2, 0) is 24.4 Å². The van der Waals surface area contributed by atoms with Crippen molar-refractivity contribution < 1.29 is 37.2 Å². The van der Waals surface area contributed by atoms with Crippen LogP contribution in [0, 0.1) is 0 Å². The number of benzene rings is 4. The van der Waals surface area contributed by atoms with Crippen molar-refractivity contribution in [3.63, 3.8) is 0 Å². The molecule has 2 aliphatic heterocycles. The number of anilines is 1. The van der Waals surface area contributed by atoms with Gasteiger partial charge in [0.1, 0.15) is 22.9 Å². The second-order valence-corrected chi connectivity index (χ2v) is 13.6. The number of fused-ring (bicyclic) bond motifs is 3. The van der Waals surface area contributed by atoms with Crippen LogP contribution in [0.3, 0.4) is 0 Å². The molecule has 1 saturated heterocycles. The van der Waals surface area contributed by atoms with Crippen molar-refractivity contribution in [1.29, 1.82) is 0 Å². The van der Waals surface area contributed by atoms with Crippen LogP contribution < -0.4 is 15.0 Å². The van der Waals surface area contributed by atoms with Gasteiger partial charge in [0.25, 0.3) is 0 Å². The zero-order chi connectivity index (χ0) is 33.0. The van der Waals surface area contributed by atoms with E-state index in [9.17, 15) is 23.1 Å². The van der Waals surface area contributed by atoms with Crippen LogP contribution in [0.15, 0.2) is 91.0 Å². The number of nitrogens with one attached hydrogen (secondary N) is 2. The molecule has 10 nitrogen and oxygen atoms in total. The summed E-state index contributed by atoms with van der Waals surface area (Å²) in [6, 6.07) is 26.8. The molecule has 0 aromatic heterocycles. The van der Waals surface area contributed by atoms with E-state index in [0.29, 0.717) is 30.3 Å². The Morgan fingerprint density at radius 3 is 2.15 bits per heavy atom. The van der Waals surface area contributed by atoms with E-state index in [4.69, 9.17) is 14.1 Å². The van der Waals surface area contributed by atoms with Crippen molar-refractivity contribution in [2.45, 2.75) is 62.4 Å². The molecule has 0 aliphatic carbocycles. The second kappa shape index (κ2) is 14.0. The minimum atomic E-state index is -4.12. The van der Waals surface area contributed by atoms with Crippen LogP contribution >= 0.6 is 0 Å². The summed E-state index contributed by atoms with van der Waals surface area (Å²) in [5.41, 5.74) is 5.40. The molecule has 4 N–H and O–H groups in total. The van der Waals surface area contributed by atoms with Gasteiger partial charge in [0, 0.05) is 30.3 Å². The Bertz CT molecular complexity index is 1900.